The molecule has 3 rings (SSSR count). The summed E-state index contributed by atoms with van der Waals surface area (Å²) in [6, 6.07) is 13.3. The van der Waals surface area contributed by atoms with Crippen molar-refractivity contribution in [3.8, 4) is 0 Å². The maximum absolute atomic E-state index is 12.3. The van der Waals surface area contributed by atoms with E-state index in [-0.39, 0.29) is 16.8 Å². The van der Waals surface area contributed by atoms with Crippen molar-refractivity contribution in [2.45, 2.75) is 30.4 Å². The Balaban J connectivity index is 1.69. The molecule has 1 amide bonds. The minimum absolute atomic E-state index is 0.0485. The zero-order valence-corrected chi connectivity index (χ0v) is 14.7. The van der Waals surface area contributed by atoms with Crippen molar-refractivity contribution in [3.63, 3.8) is 0 Å². The van der Waals surface area contributed by atoms with Gasteiger partial charge in [0.25, 0.3) is 5.91 Å². The van der Waals surface area contributed by atoms with Crippen LogP contribution in [0.3, 0.4) is 0 Å². The molecule has 1 fully saturated rings. The van der Waals surface area contributed by atoms with Crippen LogP contribution in [0.4, 0.5) is 5.69 Å². The van der Waals surface area contributed by atoms with Crippen LogP contribution in [0.1, 0.15) is 28.8 Å². The lowest BCUT2D eigenvalue weighted by atomic mass is 10.2. The summed E-state index contributed by atoms with van der Waals surface area (Å²) in [5.41, 5.74) is 2.00. The van der Waals surface area contributed by atoms with Gasteiger partial charge in [0.05, 0.1) is 11.5 Å². The summed E-state index contributed by atoms with van der Waals surface area (Å²) in [5.74, 6) is -0.298. The lowest BCUT2D eigenvalue weighted by molar-refractivity contribution is 0.102. The van der Waals surface area contributed by atoms with Gasteiger partial charge < -0.3 is 10.1 Å². The average molecular weight is 360 g/mol. The molecule has 2 aromatic carbocycles. The summed E-state index contributed by atoms with van der Waals surface area (Å²) in [6.07, 6.45) is 1.75. The molecule has 1 aliphatic carbocycles. The first-order valence-corrected chi connectivity index (χ1v) is 9.48. The number of rotatable bonds is 7. The maximum Gasteiger partial charge on any atom is 0.255 e. The Morgan fingerprint density at radius 2 is 1.88 bits per heavy atom. The molecule has 0 heterocycles. The minimum Gasteiger partial charge on any atom is -0.380 e. The van der Waals surface area contributed by atoms with E-state index in [1.807, 2.05) is 18.2 Å². The van der Waals surface area contributed by atoms with Crippen LogP contribution in [-0.2, 0) is 21.4 Å². The monoisotopic (exact) mass is 360 g/mol. The Morgan fingerprint density at radius 1 is 1.16 bits per heavy atom. The molecule has 1 aliphatic rings. The van der Waals surface area contributed by atoms with Gasteiger partial charge in [-0.05, 0) is 54.8 Å². The fourth-order valence-corrected chi connectivity index (χ4v) is 3.69. The highest BCUT2D eigenvalue weighted by Crippen LogP contribution is 2.22. The zero-order valence-electron chi connectivity index (χ0n) is 13.9. The van der Waals surface area contributed by atoms with Crippen molar-refractivity contribution < 1.29 is 17.9 Å². The number of amides is 1. The van der Waals surface area contributed by atoms with Crippen molar-refractivity contribution >= 4 is 21.6 Å². The summed E-state index contributed by atoms with van der Waals surface area (Å²) in [4.78, 5) is 12.5. The Morgan fingerprint density at radius 3 is 2.52 bits per heavy atom. The zero-order chi connectivity index (χ0) is 17.9. The van der Waals surface area contributed by atoms with E-state index in [9.17, 15) is 13.2 Å². The highest BCUT2D eigenvalue weighted by atomic mass is 32.2. The molecule has 6 nitrogen and oxygen atoms in total. The second-order valence-electron chi connectivity index (χ2n) is 6.01. The molecule has 25 heavy (non-hydrogen) atoms. The van der Waals surface area contributed by atoms with Gasteiger partial charge in [-0.3, -0.25) is 4.79 Å². The van der Waals surface area contributed by atoms with Crippen LogP contribution in [0.15, 0.2) is 53.4 Å². The van der Waals surface area contributed by atoms with E-state index >= 15 is 0 Å². The lowest BCUT2D eigenvalue weighted by Gasteiger charge is -2.09. The molecule has 0 aromatic heterocycles. The maximum atomic E-state index is 12.3. The molecule has 2 aromatic rings. The van der Waals surface area contributed by atoms with Crippen LogP contribution in [-0.4, -0.2) is 27.5 Å². The third kappa shape index (κ3) is 4.66. The van der Waals surface area contributed by atoms with Gasteiger partial charge in [-0.1, -0.05) is 12.1 Å². The third-order valence-electron chi connectivity index (χ3n) is 3.82. The summed E-state index contributed by atoms with van der Waals surface area (Å²) < 4.78 is 31.9. The van der Waals surface area contributed by atoms with Crippen LogP contribution in [0.5, 0.6) is 0 Å². The van der Waals surface area contributed by atoms with Gasteiger partial charge in [-0.15, -0.1) is 0 Å². The van der Waals surface area contributed by atoms with E-state index < -0.39 is 10.0 Å². The number of carbonyl (C=O) groups excluding carboxylic acids is 1. The second kappa shape index (κ2) is 7.35. The minimum atomic E-state index is -3.51. The highest BCUT2D eigenvalue weighted by molar-refractivity contribution is 7.89. The first-order chi connectivity index (χ1) is 12.0. The predicted octanol–water partition coefficient (Wildman–Crippen LogP) is 2.53. The molecular formula is C18H20N2O4S. The smallest absolute Gasteiger partial charge is 0.255 e. The Kier molecular flexibility index (Phi) is 5.17. The number of hydrogen-bond donors (Lipinski definition) is 2. The molecule has 0 spiro atoms. The fraction of sp³-hybridized carbons (Fsp3) is 0.278. The molecule has 0 saturated heterocycles. The summed E-state index contributed by atoms with van der Waals surface area (Å²) in [7, 11) is -1.90. The molecular weight excluding hydrogens is 340 g/mol. The Bertz CT molecular complexity index is 859. The van der Waals surface area contributed by atoms with Gasteiger partial charge in [0.1, 0.15) is 0 Å². The van der Waals surface area contributed by atoms with E-state index in [0.29, 0.717) is 17.9 Å². The van der Waals surface area contributed by atoms with Crippen LogP contribution >= 0.6 is 0 Å². The summed E-state index contributed by atoms with van der Waals surface area (Å²) >= 11 is 0. The fourth-order valence-electron chi connectivity index (χ4n) is 2.38. The van der Waals surface area contributed by atoms with Gasteiger partial charge >= 0.3 is 0 Å². The molecule has 2 N–H and O–H groups in total. The second-order valence-corrected chi connectivity index (χ2v) is 7.72. The molecule has 0 bridgehead atoms. The van der Waals surface area contributed by atoms with E-state index in [1.165, 1.54) is 24.3 Å². The SMILES string of the molecule is COCc1cccc(NC(=O)c2ccc(S(=O)(=O)NC3CC3)cc2)c1. The number of ether oxygens (including phenoxy) is 1. The van der Waals surface area contributed by atoms with E-state index in [0.717, 1.165) is 18.4 Å². The van der Waals surface area contributed by atoms with E-state index in [2.05, 4.69) is 10.0 Å². The highest BCUT2D eigenvalue weighted by Gasteiger charge is 2.27. The average Bonchev–Trinajstić information content (AvgIpc) is 3.39. The molecule has 1 saturated carbocycles. The van der Waals surface area contributed by atoms with Crippen LogP contribution < -0.4 is 10.0 Å². The normalized spacial score (nSPS) is 14.3. The summed E-state index contributed by atoms with van der Waals surface area (Å²) in [6.45, 7) is 0.463. The van der Waals surface area contributed by atoms with Gasteiger partial charge in [0, 0.05) is 24.4 Å². The van der Waals surface area contributed by atoms with E-state index in [1.54, 1.807) is 13.2 Å². The quantitative estimate of drug-likeness (QED) is 0.795. The first-order valence-electron chi connectivity index (χ1n) is 7.99. The largest absolute Gasteiger partial charge is 0.380 e. The first kappa shape index (κ1) is 17.6. The van der Waals surface area contributed by atoms with Gasteiger partial charge in [0.15, 0.2) is 0 Å². The summed E-state index contributed by atoms with van der Waals surface area (Å²) in [5, 5.41) is 2.80. The number of carbonyl (C=O) groups is 1. The molecule has 7 heteroatoms. The Hall–Kier alpha value is -2.22. The predicted molar refractivity (Wildman–Crippen MR) is 94.9 cm³/mol. The lowest BCUT2D eigenvalue weighted by Crippen LogP contribution is -2.25. The van der Waals surface area contributed by atoms with Crippen molar-refractivity contribution in [2.24, 2.45) is 0 Å². The van der Waals surface area contributed by atoms with Crippen LogP contribution in [0.25, 0.3) is 0 Å². The molecule has 0 aliphatic heterocycles. The van der Waals surface area contributed by atoms with Crippen molar-refractivity contribution in [2.75, 3.05) is 12.4 Å². The molecule has 0 atom stereocenters. The number of anilines is 1. The number of methoxy groups -OCH3 is 1. The number of sulfonamides is 1. The topological polar surface area (TPSA) is 84.5 Å². The van der Waals surface area contributed by atoms with Crippen LogP contribution in [0, 0.1) is 0 Å². The van der Waals surface area contributed by atoms with Gasteiger partial charge in [-0.2, -0.15) is 0 Å². The van der Waals surface area contributed by atoms with Crippen molar-refractivity contribution in [3.05, 3.63) is 59.7 Å². The van der Waals surface area contributed by atoms with Crippen molar-refractivity contribution in [1.82, 2.24) is 4.72 Å². The Labute approximate surface area is 147 Å². The molecule has 0 unspecified atom stereocenters. The van der Waals surface area contributed by atoms with Crippen LogP contribution in [0.2, 0.25) is 0 Å². The number of nitrogens with one attached hydrogen (secondary N) is 2. The number of hydrogen-bond acceptors (Lipinski definition) is 4. The van der Waals surface area contributed by atoms with Gasteiger partial charge in [-0.25, -0.2) is 13.1 Å². The molecule has 132 valence electrons. The standard InChI is InChI=1S/C18H20N2O4S/c1-24-12-13-3-2-4-16(11-13)19-18(21)14-5-9-17(10-6-14)25(22,23)20-15-7-8-15/h2-6,9-11,15,20H,7-8,12H2,1H3,(H,19,21). The van der Waals surface area contributed by atoms with Crippen molar-refractivity contribution in [1.29, 1.82) is 0 Å². The van der Waals surface area contributed by atoms with Gasteiger partial charge in [0.2, 0.25) is 10.0 Å². The number of benzene rings is 2. The third-order valence-corrected chi connectivity index (χ3v) is 5.36. The molecule has 0 radical (unpaired) electrons. The van der Waals surface area contributed by atoms with E-state index in [4.69, 9.17) is 4.74 Å².